The van der Waals surface area contributed by atoms with Crippen LogP contribution >= 0.6 is 0 Å². The first-order valence-corrected chi connectivity index (χ1v) is 10.9. The number of fused-ring (bicyclic) bond motifs is 5. The standard InChI is InChI=1S/C20H26O5S/c1-3-20(25-26(22,23)24)11-9-18-17-6-4-13-12-14(21)5-7-15(13)16(17)8-10-19(18,20)2/h1,12,15-18H,4-11H2,2H3,(H,22,23,24)/t15-,16+,17+,18-,19-,20-/m0/s1. The number of rotatable bonds is 2. The van der Waals surface area contributed by atoms with Gasteiger partial charge in [-0.05, 0) is 74.7 Å². The molecule has 0 amide bonds. The molecule has 0 spiro atoms. The summed E-state index contributed by atoms with van der Waals surface area (Å²) in [5.74, 6) is 4.66. The molecule has 4 aliphatic carbocycles. The Kier molecular flexibility index (Phi) is 4.15. The van der Waals surface area contributed by atoms with Crippen LogP contribution in [0.1, 0.15) is 58.3 Å². The quantitative estimate of drug-likeness (QED) is 0.589. The number of hydrogen-bond acceptors (Lipinski definition) is 4. The Morgan fingerprint density at radius 1 is 1.19 bits per heavy atom. The van der Waals surface area contributed by atoms with Crippen molar-refractivity contribution in [2.45, 2.75) is 63.9 Å². The van der Waals surface area contributed by atoms with Crippen LogP contribution in [0.5, 0.6) is 0 Å². The first-order valence-electron chi connectivity index (χ1n) is 9.58. The van der Waals surface area contributed by atoms with Gasteiger partial charge in [-0.25, -0.2) is 4.18 Å². The van der Waals surface area contributed by atoms with E-state index in [4.69, 9.17) is 10.6 Å². The minimum absolute atomic E-state index is 0.254. The molecule has 5 nitrogen and oxygen atoms in total. The van der Waals surface area contributed by atoms with E-state index in [1.807, 2.05) is 13.0 Å². The molecule has 3 fully saturated rings. The molecule has 0 unspecified atom stereocenters. The molecule has 4 aliphatic rings. The Bertz CT molecular complexity index is 807. The average Bonchev–Trinajstić information content (AvgIpc) is 2.86. The topological polar surface area (TPSA) is 80.7 Å². The zero-order valence-corrected chi connectivity index (χ0v) is 15.9. The predicted molar refractivity (Wildman–Crippen MR) is 96.3 cm³/mol. The summed E-state index contributed by atoms with van der Waals surface area (Å²) in [7, 11) is -4.61. The number of hydrogen-bond donors (Lipinski definition) is 1. The van der Waals surface area contributed by atoms with E-state index in [0.717, 1.165) is 38.5 Å². The van der Waals surface area contributed by atoms with Crippen LogP contribution < -0.4 is 0 Å². The fourth-order valence-electron chi connectivity index (χ4n) is 6.76. The van der Waals surface area contributed by atoms with Gasteiger partial charge in [0.25, 0.3) is 0 Å². The summed E-state index contributed by atoms with van der Waals surface area (Å²) in [6, 6.07) is 0. The summed E-state index contributed by atoms with van der Waals surface area (Å²) in [6.07, 6.45) is 14.2. The van der Waals surface area contributed by atoms with Crippen LogP contribution in [0.2, 0.25) is 0 Å². The van der Waals surface area contributed by atoms with E-state index >= 15 is 0 Å². The van der Waals surface area contributed by atoms with Crippen molar-refractivity contribution < 1.29 is 21.9 Å². The molecule has 0 aromatic heterocycles. The van der Waals surface area contributed by atoms with Gasteiger partial charge in [0.2, 0.25) is 0 Å². The normalized spacial score (nSPS) is 45.1. The molecule has 26 heavy (non-hydrogen) atoms. The number of ketones is 1. The Morgan fingerprint density at radius 3 is 2.65 bits per heavy atom. The zero-order valence-electron chi connectivity index (χ0n) is 15.1. The minimum atomic E-state index is -4.61. The summed E-state index contributed by atoms with van der Waals surface area (Å²) < 4.78 is 37.4. The third-order valence-electron chi connectivity index (χ3n) is 7.90. The van der Waals surface area contributed by atoms with Crippen LogP contribution in [0.4, 0.5) is 0 Å². The van der Waals surface area contributed by atoms with Crippen molar-refractivity contribution in [1.29, 1.82) is 0 Å². The molecule has 0 radical (unpaired) electrons. The Balaban J connectivity index is 1.66. The summed E-state index contributed by atoms with van der Waals surface area (Å²) >= 11 is 0. The van der Waals surface area contributed by atoms with E-state index in [1.165, 1.54) is 5.57 Å². The summed E-state index contributed by atoms with van der Waals surface area (Å²) in [4.78, 5) is 11.8. The van der Waals surface area contributed by atoms with Gasteiger partial charge in [-0.3, -0.25) is 9.35 Å². The molecule has 0 aromatic rings. The van der Waals surface area contributed by atoms with E-state index < -0.39 is 21.4 Å². The maximum Gasteiger partial charge on any atom is 0.398 e. The van der Waals surface area contributed by atoms with Gasteiger partial charge in [-0.15, -0.1) is 6.42 Å². The molecule has 6 atom stereocenters. The molecular weight excluding hydrogens is 352 g/mol. The highest BCUT2D eigenvalue weighted by molar-refractivity contribution is 7.80. The Morgan fingerprint density at radius 2 is 1.96 bits per heavy atom. The first kappa shape index (κ1) is 18.2. The fraction of sp³-hybridized carbons (Fsp3) is 0.750. The van der Waals surface area contributed by atoms with E-state index in [-0.39, 0.29) is 5.78 Å². The second kappa shape index (κ2) is 5.92. The van der Waals surface area contributed by atoms with Gasteiger partial charge < -0.3 is 0 Å². The zero-order chi connectivity index (χ0) is 18.7. The van der Waals surface area contributed by atoms with E-state index in [0.29, 0.717) is 36.5 Å². The van der Waals surface area contributed by atoms with Crippen LogP contribution in [0.25, 0.3) is 0 Å². The largest absolute Gasteiger partial charge is 0.398 e. The molecule has 6 heteroatoms. The second-order valence-electron chi connectivity index (χ2n) is 8.78. The fourth-order valence-corrected chi connectivity index (χ4v) is 7.44. The summed E-state index contributed by atoms with van der Waals surface area (Å²) in [6.45, 7) is 2.04. The number of carbonyl (C=O) groups is 1. The maximum atomic E-state index is 11.8. The van der Waals surface area contributed by atoms with Crippen LogP contribution in [0.15, 0.2) is 11.6 Å². The first-order chi connectivity index (χ1) is 12.2. The molecule has 142 valence electrons. The lowest BCUT2D eigenvalue weighted by molar-refractivity contribution is -0.116. The van der Waals surface area contributed by atoms with Crippen LogP contribution in [-0.4, -0.2) is 24.4 Å². The van der Waals surface area contributed by atoms with Crippen molar-refractivity contribution in [3.05, 3.63) is 11.6 Å². The van der Waals surface area contributed by atoms with E-state index in [2.05, 4.69) is 5.92 Å². The highest BCUT2D eigenvalue weighted by atomic mass is 32.3. The highest BCUT2D eigenvalue weighted by Gasteiger charge is 2.64. The molecule has 0 heterocycles. The van der Waals surface area contributed by atoms with Gasteiger partial charge in [0.1, 0.15) is 0 Å². The van der Waals surface area contributed by atoms with Crippen molar-refractivity contribution in [3.8, 4) is 12.3 Å². The second-order valence-corrected chi connectivity index (χ2v) is 9.80. The Labute approximate surface area is 155 Å². The SMILES string of the molecule is C#C[C@]1(OS(=O)(=O)O)CC[C@H]2[C@@H]3CCC4=CC(=O)CC[C@@H]4[C@H]3CC[C@@]21C. The lowest BCUT2D eigenvalue weighted by Gasteiger charge is -2.55. The van der Waals surface area contributed by atoms with Gasteiger partial charge in [0.05, 0.1) is 0 Å². The average molecular weight is 378 g/mol. The van der Waals surface area contributed by atoms with Gasteiger partial charge in [0, 0.05) is 11.8 Å². The van der Waals surface area contributed by atoms with Crippen LogP contribution in [-0.2, 0) is 19.4 Å². The summed E-state index contributed by atoms with van der Waals surface area (Å²) in [5, 5.41) is 0. The van der Waals surface area contributed by atoms with Crippen molar-refractivity contribution in [2.24, 2.45) is 29.1 Å². The van der Waals surface area contributed by atoms with Gasteiger partial charge in [-0.2, -0.15) is 8.42 Å². The third kappa shape index (κ3) is 2.59. The lowest BCUT2D eigenvalue weighted by Crippen LogP contribution is -2.53. The molecule has 0 aliphatic heterocycles. The van der Waals surface area contributed by atoms with Gasteiger partial charge in [-0.1, -0.05) is 18.4 Å². The third-order valence-corrected chi connectivity index (χ3v) is 8.40. The predicted octanol–water partition coefficient (Wildman–Crippen LogP) is 3.32. The van der Waals surface area contributed by atoms with Gasteiger partial charge in [0.15, 0.2) is 11.4 Å². The molecule has 1 N–H and O–H groups in total. The monoisotopic (exact) mass is 378 g/mol. The maximum absolute atomic E-state index is 11.8. The molecular formula is C20H26O5S. The molecule has 3 saturated carbocycles. The Hall–Kier alpha value is -1.16. The minimum Gasteiger partial charge on any atom is -0.295 e. The molecule has 4 rings (SSSR count). The van der Waals surface area contributed by atoms with Crippen LogP contribution in [0.3, 0.4) is 0 Å². The number of terminal acetylenes is 1. The van der Waals surface area contributed by atoms with Crippen molar-refractivity contribution in [1.82, 2.24) is 0 Å². The van der Waals surface area contributed by atoms with E-state index in [1.54, 1.807) is 0 Å². The molecule has 0 aromatic carbocycles. The van der Waals surface area contributed by atoms with Crippen LogP contribution in [0, 0.1) is 41.4 Å². The smallest absolute Gasteiger partial charge is 0.295 e. The van der Waals surface area contributed by atoms with E-state index in [9.17, 15) is 17.8 Å². The number of allylic oxidation sites excluding steroid dienone is 1. The van der Waals surface area contributed by atoms with Gasteiger partial charge >= 0.3 is 10.4 Å². The van der Waals surface area contributed by atoms with Crippen molar-refractivity contribution >= 4 is 16.2 Å². The summed E-state index contributed by atoms with van der Waals surface area (Å²) in [5.41, 5.74) is -0.388. The highest BCUT2D eigenvalue weighted by Crippen LogP contribution is 2.65. The molecule has 0 bridgehead atoms. The molecule has 0 saturated heterocycles. The number of carbonyl (C=O) groups excluding carboxylic acids is 1. The lowest BCUT2D eigenvalue weighted by atomic mass is 9.50. The van der Waals surface area contributed by atoms with Crippen molar-refractivity contribution in [3.63, 3.8) is 0 Å². The van der Waals surface area contributed by atoms with Crippen molar-refractivity contribution in [2.75, 3.05) is 0 Å².